The highest BCUT2D eigenvalue weighted by Crippen LogP contribution is 2.02. The molecule has 0 fully saturated rings. The van der Waals surface area contributed by atoms with Gasteiger partial charge in [-0.2, -0.15) is 0 Å². The number of carbonyl (C=O) groups excluding carboxylic acids is 2. The topological polar surface area (TPSA) is 73.5 Å². The number of halogens is 1. The molecule has 0 saturated heterocycles. The van der Waals surface area contributed by atoms with E-state index in [0.717, 1.165) is 25.1 Å². The smallest absolute Gasteiger partial charge is 0.317 e. The van der Waals surface area contributed by atoms with E-state index < -0.39 is 0 Å². The van der Waals surface area contributed by atoms with Crippen molar-refractivity contribution in [1.29, 1.82) is 0 Å². The summed E-state index contributed by atoms with van der Waals surface area (Å²) in [6.07, 6.45) is 1.37. The van der Waals surface area contributed by atoms with Gasteiger partial charge >= 0.3 is 6.03 Å². The van der Waals surface area contributed by atoms with Crippen molar-refractivity contribution in [2.24, 2.45) is 0 Å². The first-order valence-corrected chi connectivity index (χ1v) is 8.13. The van der Waals surface area contributed by atoms with Crippen LogP contribution >= 0.6 is 12.4 Å². The van der Waals surface area contributed by atoms with Gasteiger partial charge in [-0.1, -0.05) is 37.3 Å². The number of nitrogens with one attached hydrogen (secondary N) is 3. The lowest BCUT2D eigenvalue weighted by Gasteiger charge is -2.18. The lowest BCUT2D eigenvalue weighted by Crippen LogP contribution is -2.39. The van der Waals surface area contributed by atoms with Gasteiger partial charge in [0.2, 0.25) is 5.91 Å². The van der Waals surface area contributed by atoms with Crippen molar-refractivity contribution in [3.8, 4) is 0 Å². The zero-order valence-electron chi connectivity index (χ0n) is 14.5. The van der Waals surface area contributed by atoms with Crippen LogP contribution in [0.25, 0.3) is 0 Å². The number of benzene rings is 1. The van der Waals surface area contributed by atoms with Gasteiger partial charge in [-0.3, -0.25) is 4.79 Å². The summed E-state index contributed by atoms with van der Waals surface area (Å²) in [5, 5.41) is 8.78. The second-order valence-corrected chi connectivity index (χ2v) is 5.42. The first-order chi connectivity index (χ1) is 11.1. The average Bonchev–Trinajstić information content (AvgIpc) is 2.55. The minimum absolute atomic E-state index is 0. The van der Waals surface area contributed by atoms with Crippen LogP contribution in [0.4, 0.5) is 4.79 Å². The van der Waals surface area contributed by atoms with Gasteiger partial charge in [-0.05, 0) is 18.5 Å². The third kappa shape index (κ3) is 10.1. The molecule has 0 aliphatic rings. The van der Waals surface area contributed by atoms with E-state index in [9.17, 15) is 9.59 Å². The Hall–Kier alpha value is -1.79. The molecular formula is C17H29ClN4O2. The van der Waals surface area contributed by atoms with Gasteiger partial charge in [-0.25, -0.2) is 4.79 Å². The lowest BCUT2D eigenvalue weighted by atomic mass is 10.2. The predicted molar refractivity (Wildman–Crippen MR) is 99.3 cm³/mol. The van der Waals surface area contributed by atoms with Crippen molar-refractivity contribution in [3.63, 3.8) is 0 Å². The molecule has 24 heavy (non-hydrogen) atoms. The molecule has 1 aromatic rings. The Labute approximate surface area is 150 Å². The number of amides is 3. The molecule has 0 spiro atoms. The third-order valence-corrected chi connectivity index (χ3v) is 3.29. The van der Waals surface area contributed by atoms with Gasteiger partial charge in [0.1, 0.15) is 0 Å². The Morgan fingerprint density at radius 1 is 1.00 bits per heavy atom. The Morgan fingerprint density at radius 3 is 2.38 bits per heavy atom. The molecule has 136 valence electrons. The molecule has 0 aliphatic carbocycles. The van der Waals surface area contributed by atoms with E-state index in [2.05, 4.69) is 22.9 Å². The number of carbonyl (C=O) groups is 2. The molecule has 3 amide bonds. The summed E-state index contributed by atoms with van der Waals surface area (Å²) in [5.74, 6) is -0.0469. The largest absolute Gasteiger partial charge is 0.355 e. The van der Waals surface area contributed by atoms with Gasteiger partial charge in [0.05, 0.1) is 0 Å². The lowest BCUT2D eigenvalue weighted by molar-refractivity contribution is -0.120. The summed E-state index contributed by atoms with van der Waals surface area (Å²) in [7, 11) is 1.74. The molecule has 1 rings (SSSR count). The van der Waals surface area contributed by atoms with E-state index in [4.69, 9.17) is 0 Å². The molecule has 0 saturated carbocycles. The Morgan fingerprint density at radius 2 is 1.71 bits per heavy atom. The van der Waals surface area contributed by atoms with Crippen molar-refractivity contribution < 1.29 is 9.59 Å². The van der Waals surface area contributed by atoms with Crippen LogP contribution in [0.5, 0.6) is 0 Å². The Bertz CT molecular complexity index is 471. The molecule has 0 bridgehead atoms. The summed E-state index contributed by atoms with van der Waals surface area (Å²) < 4.78 is 0. The maximum atomic E-state index is 11.9. The van der Waals surface area contributed by atoms with Crippen LogP contribution in [-0.2, 0) is 11.3 Å². The fourth-order valence-corrected chi connectivity index (χ4v) is 2.03. The summed E-state index contributed by atoms with van der Waals surface area (Å²) in [4.78, 5) is 25.1. The van der Waals surface area contributed by atoms with Crippen molar-refractivity contribution in [2.75, 3.05) is 33.2 Å². The van der Waals surface area contributed by atoms with E-state index in [0.29, 0.717) is 26.1 Å². The summed E-state index contributed by atoms with van der Waals surface area (Å²) in [5.41, 5.74) is 1.07. The van der Waals surface area contributed by atoms with Gasteiger partial charge in [0.15, 0.2) is 0 Å². The second kappa shape index (κ2) is 13.6. The summed E-state index contributed by atoms with van der Waals surface area (Å²) in [6.45, 7) is 5.32. The molecular weight excluding hydrogens is 328 g/mol. The number of nitrogens with zero attached hydrogens (tertiary/aromatic N) is 1. The predicted octanol–water partition coefficient (Wildman–Crippen LogP) is 1.76. The highest BCUT2D eigenvalue weighted by atomic mass is 35.5. The Kier molecular flexibility index (Phi) is 12.6. The molecule has 0 heterocycles. The fraction of sp³-hybridized carbons (Fsp3) is 0.529. The Balaban J connectivity index is 0.00000529. The second-order valence-electron chi connectivity index (χ2n) is 5.42. The number of hydrogen-bond acceptors (Lipinski definition) is 3. The molecule has 6 nitrogen and oxygen atoms in total. The average molecular weight is 357 g/mol. The van der Waals surface area contributed by atoms with E-state index in [1.807, 2.05) is 30.3 Å². The summed E-state index contributed by atoms with van der Waals surface area (Å²) in [6, 6.07) is 9.61. The van der Waals surface area contributed by atoms with Crippen molar-refractivity contribution in [1.82, 2.24) is 20.9 Å². The molecule has 0 radical (unpaired) electrons. The number of urea groups is 1. The van der Waals surface area contributed by atoms with Crippen LogP contribution < -0.4 is 16.0 Å². The highest BCUT2D eigenvalue weighted by Gasteiger charge is 2.09. The molecule has 0 unspecified atom stereocenters. The quantitative estimate of drug-likeness (QED) is 0.559. The minimum atomic E-state index is -0.175. The van der Waals surface area contributed by atoms with E-state index in [-0.39, 0.29) is 24.3 Å². The van der Waals surface area contributed by atoms with E-state index in [1.54, 1.807) is 11.9 Å². The third-order valence-electron chi connectivity index (χ3n) is 3.29. The zero-order chi connectivity index (χ0) is 16.9. The van der Waals surface area contributed by atoms with Crippen LogP contribution in [0.2, 0.25) is 0 Å². The summed E-state index contributed by atoms with van der Waals surface area (Å²) >= 11 is 0. The molecule has 0 aliphatic heterocycles. The maximum absolute atomic E-state index is 11.9. The standard InChI is InChI=1S/C17H28N4O2.ClH/c1-3-10-18-12-13-19-16(22)9-11-20-17(23)21(2)14-15-7-5-4-6-8-15;/h4-8,18H,3,9-14H2,1-2H3,(H,19,22)(H,20,23);1H. The maximum Gasteiger partial charge on any atom is 0.317 e. The molecule has 0 atom stereocenters. The minimum Gasteiger partial charge on any atom is -0.355 e. The monoisotopic (exact) mass is 356 g/mol. The van der Waals surface area contributed by atoms with Gasteiger partial charge < -0.3 is 20.9 Å². The first-order valence-electron chi connectivity index (χ1n) is 8.13. The van der Waals surface area contributed by atoms with Gasteiger partial charge in [0.25, 0.3) is 0 Å². The first kappa shape index (κ1) is 22.2. The molecule has 0 aromatic heterocycles. The molecule has 3 N–H and O–H groups in total. The zero-order valence-corrected chi connectivity index (χ0v) is 15.3. The van der Waals surface area contributed by atoms with Crippen LogP contribution in [-0.4, -0.2) is 50.1 Å². The number of rotatable bonds is 10. The van der Waals surface area contributed by atoms with Gasteiger partial charge in [-0.15, -0.1) is 12.4 Å². The van der Waals surface area contributed by atoms with E-state index >= 15 is 0 Å². The highest BCUT2D eigenvalue weighted by molar-refractivity contribution is 5.85. The van der Waals surface area contributed by atoms with Gasteiger partial charge in [0, 0.05) is 39.6 Å². The van der Waals surface area contributed by atoms with Crippen molar-refractivity contribution >= 4 is 24.3 Å². The van der Waals surface area contributed by atoms with E-state index in [1.165, 1.54) is 0 Å². The SMILES string of the molecule is CCCNCCNC(=O)CCNC(=O)N(C)Cc1ccccc1.Cl. The van der Waals surface area contributed by atoms with Crippen LogP contribution in [0, 0.1) is 0 Å². The van der Waals surface area contributed by atoms with Crippen LogP contribution in [0.3, 0.4) is 0 Å². The normalized spacial score (nSPS) is 9.75. The number of hydrogen-bond donors (Lipinski definition) is 3. The fourth-order valence-electron chi connectivity index (χ4n) is 2.03. The van der Waals surface area contributed by atoms with Crippen LogP contribution in [0.1, 0.15) is 25.3 Å². The van der Waals surface area contributed by atoms with Crippen molar-refractivity contribution in [2.45, 2.75) is 26.3 Å². The van der Waals surface area contributed by atoms with Crippen LogP contribution in [0.15, 0.2) is 30.3 Å². The molecule has 7 heteroatoms. The molecule has 1 aromatic carbocycles. The van der Waals surface area contributed by atoms with Crippen molar-refractivity contribution in [3.05, 3.63) is 35.9 Å².